The van der Waals surface area contributed by atoms with E-state index in [9.17, 15) is 8.42 Å². The second-order valence-electron chi connectivity index (χ2n) is 3.18. The Morgan fingerprint density at radius 3 is 2.82 bits per heavy atom. The van der Waals surface area contributed by atoms with Gasteiger partial charge in [0.25, 0.3) is 0 Å². The molecule has 2 N–H and O–H groups in total. The Balaban J connectivity index is 2.26. The monoisotopic (exact) mass is 176 g/mol. The topological polar surface area (TPSA) is 58.2 Å². The summed E-state index contributed by atoms with van der Waals surface area (Å²) in [5.74, 6) is 0.348. The van der Waals surface area contributed by atoms with Crippen LogP contribution >= 0.6 is 0 Å². The number of hydrogen-bond donors (Lipinski definition) is 2. The predicted octanol–water partition coefficient (Wildman–Crippen LogP) is -1.10. The van der Waals surface area contributed by atoms with Gasteiger partial charge in [-0.15, -0.1) is 0 Å². The zero-order valence-corrected chi connectivity index (χ0v) is 7.02. The van der Waals surface area contributed by atoms with Gasteiger partial charge in [-0.05, 0) is 18.9 Å². The lowest BCUT2D eigenvalue weighted by molar-refractivity contribution is 0.468. The highest BCUT2D eigenvalue weighted by Gasteiger charge is 2.39. The molecule has 2 fully saturated rings. The van der Waals surface area contributed by atoms with E-state index in [-0.39, 0.29) is 5.25 Å². The van der Waals surface area contributed by atoms with Crippen LogP contribution in [0.25, 0.3) is 0 Å². The van der Waals surface area contributed by atoms with Crippen LogP contribution in [-0.4, -0.2) is 33.3 Å². The summed E-state index contributed by atoms with van der Waals surface area (Å²) in [6.45, 7) is 2.11. The molecule has 0 bridgehead atoms. The van der Waals surface area contributed by atoms with Crippen LogP contribution < -0.4 is 10.0 Å². The molecule has 0 saturated carbocycles. The van der Waals surface area contributed by atoms with Crippen molar-refractivity contribution in [2.24, 2.45) is 5.92 Å². The third kappa shape index (κ3) is 1.17. The normalized spacial score (nSPS) is 41.8. The molecule has 2 saturated heterocycles. The quantitative estimate of drug-likeness (QED) is 0.492. The molecule has 0 radical (unpaired) electrons. The van der Waals surface area contributed by atoms with Crippen molar-refractivity contribution in [3.8, 4) is 0 Å². The molecule has 2 aliphatic heterocycles. The molecule has 0 aromatic rings. The predicted molar refractivity (Wildman–Crippen MR) is 41.7 cm³/mol. The molecule has 2 atom stereocenters. The molecule has 2 rings (SSSR count). The van der Waals surface area contributed by atoms with Gasteiger partial charge < -0.3 is 5.32 Å². The minimum atomic E-state index is -2.97. The molecule has 64 valence electrons. The SMILES string of the molecule is O=S1(=O)NCC[C@@H]2CNC[C@@H]21. The number of sulfonamides is 1. The summed E-state index contributed by atoms with van der Waals surface area (Å²) < 4.78 is 25.2. The molecule has 5 heteroatoms. The lowest BCUT2D eigenvalue weighted by atomic mass is 10.0. The van der Waals surface area contributed by atoms with Crippen LogP contribution in [-0.2, 0) is 10.0 Å². The van der Waals surface area contributed by atoms with Gasteiger partial charge in [0.2, 0.25) is 10.0 Å². The Bertz CT molecular complexity index is 249. The summed E-state index contributed by atoms with van der Waals surface area (Å²) in [7, 11) is -2.97. The lowest BCUT2D eigenvalue weighted by Crippen LogP contribution is -2.45. The van der Waals surface area contributed by atoms with Crippen LogP contribution in [0.2, 0.25) is 0 Å². The molecule has 0 aliphatic carbocycles. The van der Waals surface area contributed by atoms with Crippen LogP contribution in [0.15, 0.2) is 0 Å². The zero-order valence-electron chi connectivity index (χ0n) is 6.21. The van der Waals surface area contributed by atoms with Crippen molar-refractivity contribution in [1.82, 2.24) is 10.0 Å². The Morgan fingerprint density at radius 1 is 1.27 bits per heavy atom. The van der Waals surface area contributed by atoms with Crippen molar-refractivity contribution in [3.05, 3.63) is 0 Å². The van der Waals surface area contributed by atoms with Crippen LogP contribution in [0.1, 0.15) is 6.42 Å². The number of fused-ring (bicyclic) bond motifs is 1. The van der Waals surface area contributed by atoms with Gasteiger partial charge in [-0.2, -0.15) is 0 Å². The Hall–Kier alpha value is -0.130. The molecule has 0 amide bonds. The maximum absolute atomic E-state index is 11.3. The standard InChI is InChI=1S/C6H12N2O2S/c9-11(10)6-4-7-3-5(6)1-2-8-11/h5-8H,1-4H2/t5-,6+/m1/s1. The number of rotatable bonds is 0. The average molecular weight is 176 g/mol. The molecule has 0 unspecified atom stereocenters. The van der Waals surface area contributed by atoms with Gasteiger partial charge in [0.1, 0.15) is 0 Å². The van der Waals surface area contributed by atoms with Gasteiger partial charge in [0, 0.05) is 13.1 Å². The van der Waals surface area contributed by atoms with Gasteiger partial charge >= 0.3 is 0 Å². The fourth-order valence-electron chi connectivity index (χ4n) is 1.85. The van der Waals surface area contributed by atoms with E-state index in [1.165, 1.54) is 0 Å². The molecule has 0 aromatic carbocycles. The Morgan fingerprint density at radius 2 is 2.09 bits per heavy atom. The van der Waals surface area contributed by atoms with E-state index in [4.69, 9.17) is 0 Å². The maximum atomic E-state index is 11.3. The second kappa shape index (κ2) is 2.43. The average Bonchev–Trinajstić information content (AvgIpc) is 2.34. The van der Waals surface area contributed by atoms with E-state index < -0.39 is 10.0 Å². The first-order valence-electron chi connectivity index (χ1n) is 3.89. The van der Waals surface area contributed by atoms with Crippen LogP contribution in [0.3, 0.4) is 0 Å². The van der Waals surface area contributed by atoms with Crippen molar-refractivity contribution < 1.29 is 8.42 Å². The molecule has 0 aromatic heterocycles. The van der Waals surface area contributed by atoms with E-state index >= 15 is 0 Å². The highest BCUT2D eigenvalue weighted by atomic mass is 32.2. The van der Waals surface area contributed by atoms with E-state index in [1.807, 2.05) is 0 Å². The van der Waals surface area contributed by atoms with Gasteiger partial charge in [-0.3, -0.25) is 0 Å². The number of nitrogens with one attached hydrogen (secondary N) is 2. The van der Waals surface area contributed by atoms with Gasteiger partial charge in [0.15, 0.2) is 0 Å². The molecular formula is C6H12N2O2S. The van der Waals surface area contributed by atoms with Gasteiger partial charge in [0.05, 0.1) is 5.25 Å². The summed E-state index contributed by atoms with van der Waals surface area (Å²) >= 11 is 0. The first-order valence-corrected chi connectivity index (χ1v) is 5.44. The van der Waals surface area contributed by atoms with E-state index in [0.717, 1.165) is 13.0 Å². The molecule has 2 aliphatic rings. The molecule has 0 spiro atoms. The first-order chi connectivity index (χ1) is 5.20. The molecule has 4 nitrogen and oxygen atoms in total. The highest BCUT2D eigenvalue weighted by Crippen LogP contribution is 2.22. The van der Waals surface area contributed by atoms with Crippen LogP contribution in [0.4, 0.5) is 0 Å². The third-order valence-electron chi connectivity index (χ3n) is 2.49. The van der Waals surface area contributed by atoms with E-state index in [2.05, 4.69) is 10.0 Å². The Labute approximate surface area is 66.4 Å². The fourth-order valence-corrected chi connectivity index (χ4v) is 3.55. The minimum absolute atomic E-state index is 0.170. The smallest absolute Gasteiger partial charge is 0.216 e. The van der Waals surface area contributed by atoms with E-state index in [0.29, 0.717) is 19.0 Å². The first kappa shape index (κ1) is 7.52. The zero-order chi connectivity index (χ0) is 7.90. The fraction of sp³-hybridized carbons (Fsp3) is 1.00. The maximum Gasteiger partial charge on any atom is 0.216 e. The number of hydrogen-bond acceptors (Lipinski definition) is 3. The molecule has 11 heavy (non-hydrogen) atoms. The molecule has 2 heterocycles. The summed E-state index contributed by atoms with van der Waals surface area (Å²) in [5.41, 5.74) is 0. The third-order valence-corrected chi connectivity index (χ3v) is 4.45. The molecular weight excluding hydrogens is 164 g/mol. The van der Waals surface area contributed by atoms with Crippen LogP contribution in [0, 0.1) is 5.92 Å². The summed E-state index contributed by atoms with van der Waals surface area (Å²) in [4.78, 5) is 0. The van der Waals surface area contributed by atoms with Gasteiger partial charge in [-0.25, -0.2) is 13.1 Å². The highest BCUT2D eigenvalue weighted by molar-refractivity contribution is 7.90. The van der Waals surface area contributed by atoms with Crippen molar-refractivity contribution in [2.75, 3.05) is 19.6 Å². The largest absolute Gasteiger partial charge is 0.315 e. The van der Waals surface area contributed by atoms with Crippen LogP contribution in [0.5, 0.6) is 0 Å². The summed E-state index contributed by atoms with van der Waals surface area (Å²) in [6.07, 6.45) is 0.983. The van der Waals surface area contributed by atoms with Gasteiger partial charge in [-0.1, -0.05) is 0 Å². The van der Waals surface area contributed by atoms with Crippen molar-refractivity contribution >= 4 is 10.0 Å². The van der Waals surface area contributed by atoms with Crippen molar-refractivity contribution in [2.45, 2.75) is 11.7 Å². The summed E-state index contributed by atoms with van der Waals surface area (Å²) in [5, 5.41) is 2.93. The summed E-state index contributed by atoms with van der Waals surface area (Å²) in [6, 6.07) is 0. The second-order valence-corrected chi connectivity index (χ2v) is 5.17. The van der Waals surface area contributed by atoms with Crippen molar-refractivity contribution in [1.29, 1.82) is 0 Å². The Kier molecular flexibility index (Phi) is 1.66. The minimum Gasteiger partial charge on any atom is -0.315 e. The van der Waals surface area contributed by atoms with E-state index in [1.54, 1.807) is 0 Å². The lowest BCUT2D eigenvalue weighted by Gasteiger charge is -2.24. The van der Waals surface area contributed by atoms with Crippen molar-refractivity contribution in [3.63, 3.8) is 0 Å².